The molecular weight excluding hydrogens is 451 g/mol. The number of rotatable bonds is 6. The number of aromatic nitrogens is 2. The number of pyridine rings is 2. The molecule has 4 aromatic rings. The average molecular weight is 469 g/mol. The molecule has 0 saturated carbocycles. The first kappa shape index (κ1) is 22.6. The predicted octanol–water partition coefficient (Wildman–Crippen LogP) is 5.31. The number of alkyl halides is 3. The average Bonchev–Trinajstić information content (AvgIpc) is 2.83. The fourth-order valence-corrected chi connectivity index (χ4v) is 4.32. The first-order valence-electron chi connectivity index (χ1n) is 9.86. The van der Waals surface area contributed by atoms with Crippen molar-refractivity contribution < 1.29 is 21.6 Å². The van der Waals surface area contributed by atoms with E-state index >= 15 is 0 Å². The maximum Gasteiger partial charge on any atom is 0.416 e. The van der Waals surface area contributed by atoms with Crippen LogP contribution in [0.1, 0.15) is 11.1 Å². The van der Waals surface area contributed by atoms with Crippen LogP contribution < -0.4 is 4.72 Å². The summed E-state index contributed by atoms with van der Waals surface area (Å²) >= 11 is 0. The maximum atomic E-state index is 13.0. The number of sulfonamides is 1. The smallest absolute Gasteiger partial charge is 0.265 e. The number of halogens is 3. The maximum absolute atomic E-state index is 13.0. The van der Waals surface area contributed by atoms with Gasteiger partial charge in [-0.3, -0.25) is 9.97 Å². The van der Waals surface area contributed by atoms with Gasteiger partial charge in [0.25, 0.3) is 0 Å². The van der Waals surface area contributed by atoms with Crippen molar-refractivity contribution >= 4 is 10.0 Å². The molecule has 1 N–H and O–H groups in total. The van der Waals surface area contributed by atoms with Crippen molar-refractivity contribution in [2.75, 3.05) is 0 Å². The molecule has 5 nitrogen and oxygen atoms in total. The van der Waals surface area contributed by atoms with Crippen LogP contribution in [-0.4, -0.2) is 18.4 Å². The molecule has 0 aliphatic heterocycles. The molecule has 33 heavy (non-hydrogen) atoms. The van der Waals surface area contributed by atoms with Crippen LogP contribution in [0.25, 0.3) is 22.4 Å². The highest BCUT2D eigenvalue weighted by Gasteiger charge is 2.30. The Kier molecular flexibility index (Phi) is 6.26. The Morgan fingerprint density at radius 3 is 2.21 bits per heavy atom. The predicted molar refractivity (Wildman–Crippen MR) is 118 cm³/mol. The standard InChI is InChI=1S/C24H18F3N3O2S/c25-24(26,27)21-5-1-3-19(15-21)17-6-8-22(9-7-17)33(31,32)30-16-20-4-2-12-29-23(20)18-10-13-28-14-11-18/h1-15,30H,16H2. The van der Waals surface area contributed by atoms with E-state index in [0.29, 0.717) is 22.4 Å². The minimum atomic E-state index is -4.45. The molecule has 168 valence electrons. The Bertz CT molecular complexity index is 1360. The van der Waals surface area contributed by atoms with Gasteiger partial charge in [-0.25, -0.2) is 13.1 Å². The first-order valence-corrected chi connectivity index (χ1v) is 11.3. The van der Waals surface area contributed by atoms with Gasteiger partial charge in [0.2, 0.25) is 10.0 Å². The zero-order chi connectivity index (χ0) is 23.5. The SMILES string of the molecule is O=S(=O)(NCc1cccnc1-c1ccncc1)c1ccc(-c2cccc(C(F)(F)F)c2)cc1. The van der Waals surface area contributed by atoms with Gasteiger partial charge in [0.15, 0.2) is 0 Å². The van der Waals surface area contributed by atoms with E-state index in [2.05, 4.69) is 14.7 Å². The fraction of sp³-hybridized carbons (Fsp3) is 0.0833. The number of benzene rings is 2. The van der Waals surface area contributed by atoms with E-state index in [1.54, 1.807) is 48.9 Å². The van der Waals surface area contributed by atoms with Gasteiger partial charge in [-0.15, -0.1) is 0 Å². The van der Waals surface area contributed by atoms with Crippen molar-refractivity contribution in [3.63, 3.8) is 0 Å². The summed E-state index contributed by atoms with van der Waals surface area (Å²) in [6.07, 6.45) is 0.429. The molecule has 2 aromatic heterocycles. The van der Waals surface area contributed by atoms with Crippen LogP contribution in [0.3, 0.4) is 0 Å². The lowest BCUT2D eigenvalue weighted by molar-refractivity contribution is -0.137. The minimum absolute atomic E-state index is 0.00702. The van der Waals surface area contributed by atoms with Gasteiger partial charge in [-0.05, 0) is 59.2 Å². The van der Waals surface area contributed by atoms with Crippen LogP contribution in [0.15, 0.2) is 96.3 Å². The molecular formula is C24H18F3N3O2S. The van der Waals surface area contributed by atoms with Crippen molar-refractivity contribution in [3.8, 4) is 22.4 Å². The molecule has 0 unspecified atom stereocenters. The number of hydrogen-bond donors (Lipinski definition) is 1. The van der Waals surface area contributed by atoms with Crippen molar-refractivity contribution in [2.45, 2.75) is 17.6 Å². The van der Waals surface area contributed by atoms with Gasteiger partial charge in [-0.2, -0.15) is 13.2 Å². The van der Waals surface area contributed by atoms with E-state index < -0.39 is 21.8 Å². The second-order valence-corrected chi connectivity index (χ2v) is 8.94. The Labute approximate surface area is 189 Å². The van der Waals surface area contributed by atoms with Crippen LogP contribution in [-0.2, 0) is 22.7 Å². The molecule has 0 spiro atoms. The number of nitrogens with zero attached hydrogens (tertiary/aromatic N) is 2. The monoisotopic (exact) mass is 469 g/mol. The summed E-state index contributed by atoms with van der Waals surface area (Å²) in [5.74, 6) is 0. The quantitative estimate of drug-likeness (QED) is 0.416. The third-order valence-electron chi connectivity index (χ3n) is 4.99. The molecule has 0 bridgehead atoms. The Hall–Kier alpha value is -3.56. The van der Waals surface area contributed by atoms with Gasteiger partial charge >= 0.3 is 6.18 Å². The van der Waals surface area contributed by atoms with Crippen LogP contribution in [0.4, 0.5) is 13.2 Å². The van der Waals surface area contributed by atoms with E-state index in [-0.39, 0.29) is 11.4 Å². The molecule has 0 amide bonds. The van der Waals surface area contributed by atoms with Gasteiger partial charge in [-0.1, -0.05) is 30.3 Å². The van der Waals surface area contributed by atoms with E-state index in [1.807, 2.05) is 0 Å². The Balaban J connectivity index is 1.53. The zero-order valence-corrected chi connectivity index (χ0v) is 17.9. The highest BCUT2D eigenvalue weighted by molar-refractivity contribution is 7.89. The molecule has 2 heterocycles. The highest BCUT2D eigenvalue weighted by atomic mass is 32.2. The highest BCUT2D eigenvalue weighted by Crippen LogP contribution is 2.32. The minimum Gasteiger partial charge on any atom is -0.265 e. The van der Waals surface area contributed by atoms with Crippen LogP contribution >= 0.6 is 0 Å². The summed E-state index contributed by atoms with van der Waals surface area (Å²) < 4.78 is 67.1. The van der Waals surface area contributed by atoms with Gasteiger partial charge < -0.3 is 0 Å². The van der Waals surface area contributed by atoms with E-state index in [4.69, 9.17) is 0 Å². The molecule has 0 fully saturated rings. The van der Waals surface area contributed by atoms with Crippen molar-refractivity contribution in [3.05, 3.63) is 103 Å². The van der Waals surface area contributed by atoms with E-state index in [9.17, 15) is 21.6 Å². The topological polar surface area (TPSA) is 72.0 Å². The van der Waals surface area contributed by atoms with Gasteiger partial charge in [0, 0.05) is 30.7 Å². The largest absolute Gasteiger partial charge is 0.416 e. The Morgan fingerprint density at radius 1 is 0.788 bits per heavy atom. The molecule has 0 saturated heterocycles. The molecule has 0 aliphatic rings. The third-order valence-corrected chi connectivity index (χ3v) is 6.40. The van der Waals surface area contributed by atoms with E-state index in [0.717, 1.165) is 17.7 Å². The molecule has 4 rings (SSSR count). The number of nitrogens with one attached hydrogen (secondary N) is 1. The lowest BCUT2D eigenvalue weighted by Gasteiger charge is -2.12. The van der Waals surface area contributed by atoms with Crippen molar-refractivity contribution in [1.29, 1.82) is 0 Å². The van der Waals surface area contributed by atoms with Crippen molar-refractivity contribution in [1.82, 2.24) is 14.7 Å². The zero-order valence-electron chi connectivity index (χ0n) is 17.1. The second-order valence-electron chi connectivity index (χ2n) is 7.17. The molecule has 0 atom stereocenters. The van der Waals surface area contributed by atoms with Gasteiger partial charge in [0.1, 0.15) is 0 Å². The summed E-state index contributed by atoms with van der Waals surface area (Å²) in [5, 5.41) is 0. The third kappa shape index (κ3) is 5.27. The Morgan fingerprint density at radius 2 is 1.52 bits per heavy atom. The van der Waals surface area contributed by atoms with Crippen LogP contribution in [0, 0.1) is 0 Å². The molecule has 2 aromatic carbocycles. The lowest BCUT2D eigenvalue weighted by Crippen LogP contribution is -2.23. The van der Waals surface area contributed by atoms with Crippen molar-refractivity contribution in [2.24, 2.45) is 0 Å². The fourth-order valence-electron chi connectivity index (χ4n) is 3.31. The number of hydrogen-bond acceptors (Lipinski definition) is 4. The summed E-state index contributed by atoms with van der Waals surface area (Å²) in [5.41, 5.74) is 2.20. The summed E-state index contributed by atoms with van der Waals surface area (Å²) in [4.78, 5) is 8.33. The van der Waals surface area contributed by atoms with E-state index in [1.165, 1.54) is 30.3 Å². The molecule has 9 heteroatoms. The molecule has 0 aliphatic carbocycles. The normalized spacial score (nSPS) is 12.0. The lowest BCUT2D eigenvalue weighted by atomic mass is 10.0. The molecule has 0 radical (unpaired) electrons. The summed E-state index contributed by atoms with van der Waals surface area (Å²) in [6, 6.07) is 17.6. The van der Waals surface area contributed by atoms with Crippen LogP contribution in [0.5, 0.6) is 0 Å². The summed E-state index contributed by atoms with van der Waals surface area (Å²) in [7, 11) is -3.86. The summed E-state index contributed by atoms with van der Waals surface area (Å²) in [6.45, 7) is 0.0171. The first-order chi connectivity index (χ1) is 15.7. The van der Waals surface area contributed by atoms with Crippen LogP contribution in [0.2, 0.25) is 0 Å². The second kappa shape index (κ2) is 9.13. The van der Waals surface area contributed by atoms with Gasteiger partial charge in [0.05, 0.1) is 16.2 Å².